The number of nitrogens with zero attached hydrogens (tertiary/aromatic N) is 3. The minimum absolute atomic E-state index is 0.0943. The molecule has 0 bridgehead atoms. The molecule has 11 nitrogen and oxygen atoms in total. The van der Waals surface area contributed by atoms with Crippen LogP contribution in [0, 0.1) is 5.82 Å². The van der Waals surface area contributed by atoms with Gasteiger partial charge in [-0.15, -0.1) is 0 Å². The first-order valence-electron chi connectivity index (χ1n) is 13.1. The summed E-state index contributed by atoms with van der Waals surface area (Å²) in [7, 11) is -2.02. The average Bonchev–Trinajstić information content (AvgIpc) is 3.61. The number of nitrogens with two attached hydrogens (primary N) is 1. The van der Waals surface area contributed by atoms with Gasteiger partial charge in [0.25, 0.3) is 11.5 Å². The summed E-state index contributed by atoms with van der Waals surface area (Å²) < 4.78 is 47.6. The summed E-state index contributed by atoms with van der Waals surface area (Å²) in [4.78, 5) is 25.6. The Bertz CT molecular complexity index is 1780. The number of hydrogen-bond donors (Lipinski definition) is 3. The number of sulfonamides is 1. The normalized spacial score (nSPS) is 16.0. The summed E-state index contributed by atoms with van der Waals surface area (Å²) in [6.45, 7) is 4.10. The van der Waals surface area contributed by atoms with E-state index in [0.717, 1.165) is 17.2 Å². The van der Waals surface area contributed by atoms with Gasteiger partial charge in [-0.1, -0.05) is 24.3 Å². The van der Waals surface area contributed by atoms with E-state index in [-0.39, 0.29) is 36.3 Å². The van der Waals surface area contributed by atoms with E-state index < -0.39 is 32.6 Å². The van der Waals surface area contributed by atoms with Crippen LogP contribution in [-0.4, -0.2) is 58.8 Å². The van der Waals surface area contributed by atoms with Crippen molar-refractivity contribution < 1.29 is 22.3 Å². The standard InChI is InChI=1S/C28H31FN6O5S/c1-16(2)41(38,39)34-11-10-20(14-34)35-15-22(24-25(35)28(37)33-32-26(24)30)18-6-4-17(5-7-18)13-31-27(36)21-12-19(29)8-9-23(21)40-3/h4-9,12,15-16,20H,10-11,13-14H2,1-3H3,(H2,30,32)(H,31,36)(H,33,37). The van der Waals surface area contributed by atoms with Gasteiger partial charge in [0.15, 0.2) is 5.82 Å². The van der Waals surface area contributed by atoms with Crippen LogP contribution in [0.15, 0.2) is 53.5 Å². The molecule has 1 fully saturated rings. The number of fused-ring (bicyclic) bond motifs is 1. The van der Waals surface area contributed by atoms with Gasteiger partial charge in [-0.2, -0.15) is 9.40 Å². The molecule has 0 aliphatic carbocycles. The van der Waals surface area contributed by atoms with E-state index in [9.17, 15) is 22.4 Å². The first kappa shape index (κ1) is 28.3. The summed E-state index contributed by atoms with van der Waals surface area (Å²) >= 11 is 0. The summed E-state index contributed by atoms with van der Waals surface area (Å²) in [6, 6.07) is 10.8. The second kappa shape index (κ2) is 11.0. The number of nitrogen functional groups attached to an aromatic ring is 1. The number of carbonyl (C=O) groups excluding carboxylic acids is 1. The van der Waals surface area contributed by atoms with Crippen molar-refractivity contribution in [2.75, 3.05) is 25.9 Å². The SMILES string of the molecule is COc1ccc(F)cc1C(=O)NCc1ccc(-c2cn(C3CCN(S(=O)(=O)C(C)C)C3)c3c(=O)[nH]nc(N)c23)cc1. The lowest BCUT2D eigenvalue weighted by atomic mass is 10.0. The number of H-pyrrole nitrogens is 1. The van der Waals surface area contributed by atoms with Gasteiger partial charge in [-0.05, 0) is 49.6 Å². The van der Waals surface area contributed by atoms with Gasteiger partial charge in [0.2, 0.25) is 10.0 Å². The highest BCUT2D eigenvalue weighted by Gasteiger charge is 2.35. The Kier molecular flexibility index (Phi) is 7.58. The number of benzene rings is 2. The molecule has 4 N–H and O–H groups in total. The number of nitrogens with one attached hydrogen (secondary N) is 2. The highest BCUT2D eigenvalue weighted by molar-refractivity contribution is 7.89. The number of carbonyl (C=O) groups is 1. The Balaban J connectivity index is 1.42. The van der Waals surface area contributed by atoms with Gasteiger partial charge in [0.1, 0.15) is 17.1 Å². The van der Waals surface area contributed by atoms with Crippen LogP contribution >= 0.6 is 0 Å². The van der Waals surface area contributed by atoms with E-state index in [1.165, 1.54) is 23.5 Å². The molecule has 4 aromatic rings. The summed E-state index contributed by atoms with van der Waals surface area (Å²) in [5.41, 5.74) is 8.47. The lowest BCUT2D eigenvalue weighted by Gasteiger charge is -2.19. The molecule has 1 saturated heterocycles. The lowest BCUT2D eigenvalue weighted by molar-refractivity contribution is 0.0947. The van der Waals surface area contributed by atoms with Gasteiger partial charge in [-0.3, -0.25) is 9.59 Å². The molecule has 0 spiro atoms. The van der Waals surface area contributed by atoms with Crippen molar-refractivity contribution in [2.45, 2.75) is 38.1 Å². The van der Waals surface area contributed by atoms with Crippen molar-refractivity contribution in [1.82, 2.24) is 24.4 Å². The molecule has 2 aromatic carbocycles. The number of methoxy groups -OCH3 is 1. The van der Waals surface area contributed by atoms with E-state index in [1.54, 1.807) is 18.4 Å². The second-order valence-electron chi connectivity index (χ2n) is 10.2. The number of aromatic amines is 1. The second-order valence-corrected chi connectivity index (χ2v) is 12.7. The number of rotatable bonds is 8. The fourth-order valence-corrected chi connectivity index (χ4v) is 6.48. The first-order valence-corrected chi connectivity index (χ1v) is 14.6. The molecule has 5 rings (SSSR count). The predicted octanol–water partition coefficient (Wildman–Crippen LogP) is 3.04. The Hall–Kier alpha value is -4.23. The van der Waals surface area contributed by atoms with Crippen LogP contribution < -0.4 is 21.3 Å². The van der Waals surface area contributed by atoms with Crippen LogP contribution in [0.2, 0.25) is 0 Å². The third-order valence-electron chi connectivity index (χ3n) is 7.38. The third-order valence-corrected chi connectivity index (χ3v) is 9.62. The number of aromatic nitrogens is 3. The Labute approximate surface area is 236 Å². The maximum absolute atomic E-state index is 13.7. The largest absolute Gasteiger partial charge is 0.496 e. The molecule has 1 amide bonds. The Morgan fingerprint density at radius 3 is 2.66 bits per heavy atom. The zero-order chi connectivity index (χ0) is 29.5. The smallest absolute Gasteiger partial charge is 0.288 e. The molecule has 1 unspecified atom stereocenters. The van der Waals surface area contributed by atoms with Crippen LogP contribution in [-0.2, 0) is 16.6 Å². The molecule has 0 radical (unpaired) electrons. The van der Waals surface area contributed by atoms with Crippen LogP contribution in [0.4, 0.5) is 10.2 Å². The minimum atomic E-state index is -3.43. The van der Waals surface area contributed by atoms with Crippen molar-refractivity contribution >= 4 is 32.7 Å². The highest BCUT2D eigenvalue weighted by Crippen LogP contribution is 2.36. The molecule has 3 heterocycles. The Morgan fingerprint density at radius 2 is 1.98 bits per heavy atom. The average molecular weight is 583 g/mol. The topological polar surface area (TPSA) is 152 Å². The first-order chi connectivity index (χ1) is 19.5. The molecule has 1 aliphatic heterocycles. The fourth-order valence-electron chi connectivity index (χ4n) is 5.15. The summed E-state index contributed by atoms with van der Waals surface area (Å²) in [6.07, 6.45) is 2.37. The van der Waals surface area contributed by atoms with E-state index in [0.29, 0.717) is 29.4 Å². The van der Waals surface area contributed by atoms with Gasteiger partial charge in [-0.25, -0.2) is 17.9 Å². The number of hydrogen-bond acceptors (Lipinski definition) is 7. The third kappa shape index (κ3) is 5.30. The van der Waals surface area contributed by atoms with Crippen molar-refractivity contribution in [3.63, 3.8) is 0 Å². The molecule has 2 aromatic heterocycles. The molecule has 13 heteroatoms. The molecule has 1 aliphatic rings. The molecule has 41 heavy (non-hydrogen) atoms. The highest BCUT2D eigenvalue weighted by atomic mass is 32.2. The van der Waals surface area contributed by atoms with Gasteiger partial charge >= 0.3 is 0 Å². The molecule has 1 atom stereocenters. The van der Waals surface area contributed by atoms with Crippen molar-refractivity contribution in [1.29, 1.82) is 0 Å². The van der Waals surface area contributed by atoms with Gasteiger partial charge < -0.3 is 20.4 Å². The van der Waals surface area contributed by atoms with Crippen LogP contribution in [0.25, 0.3) is 22.0 Å². The number of anilines is 1. The predicted molar refractivity (Wildman–Crippen MR) is 154 cm³/mol. The summed E-state index contributed by atoms with van der Waals surface area (Å²) in [5.74, 6) is -0.599. The van der Waals surface area contributed by atoms with Crippen LogP contribution in [0.5, 0.6) is 5.75 Å². The maximum atomic E-state index is 13.7. The lowest BCUT2D eigenvalue weighted by Crippen LogP contribution is -2.34. The number of amides is 1. The monoisotopic (exact) mass is 582 g/mol. The number of ether oxygens (including phenoxy) is 1. The van der Waals surface area contributed by atoms with Crippen LogP contribution in [0.1, 0.15) is 42.2 Å². The van der Waals surface area contributed by atoms with Crippen molar-refractivity contribution in [3.05, 3.63) is 76.0 Å². The minimum Gasteiger partial charge on any atom is -0.496 e. The molecular formula is C28H31FN6O5S. The zero-order valence-corrected chi connectivity index (χ0v) is 23.7. The van der Waals surface area contributed by atoms with Gasteiger partial charge in [0.05, 0.1) is 23.3 Å². The van der Waals surface area contributed by atoms with Crippen molar-refractivity contribution in [3.8, 4) is 16.9 Å². The summed E-state index contributed by atoms with van der Waals surface area (Å²) in [5, 5.41) is 9.11. The Morgan fingerprint density at radius 1 is 1.24 bits per heavy atom. The fraction of sp³-hybridized carbons (Fsp3) is 0.321. The van der Waals surface area contributed by atoms with E-state index >= 15 is 0 Å². The molecule has 0 saturated carbocycles. The zero-order valence-electron chi connectivity index (χ0n) is 22.8. The van der Waals surface area contributed by atoms with Crippen LogP contribution in [0.3, 0.4) is 0 Å². The van der Waals surface area contributed by atoms with E-state index in [1.807, 2.05) is 30.5 Å². The maximum Gasteiger partial charge on any atom is 0.288 e. The molecule has 216 valence electrons. The molecular weight excluding hydrogens is 551 g/mol. The van der Waals surface area contributed by atoms with E-state index in [4.69, 9.17) is 10.5 Å². The van der Waals surface area contributed by atoms with E-state index in [2.05, 4.69) is 15.5 Å². The van der Waals surface area contributed by atoms with Crippen molar-refractivity contribution in [2.24, 2.45) is 0 Å². The number of halogens is 1. The van der Waals surface area contributed by atoms with Gasteiger partial charge in [0, 0.05) is 37.4 Å². The quantitative estimate of drug-likeness (QED) is 0.289.